The summed E-state index contributed by atoms with van der Waals surface area (Å²) in [7, 11) is 0. The number of esters is 1. The average molecular weight is 438 g/mol. The van der Waals surface area contributed by atoms with E-state index < -0.39 is 61.6 Å². The molecule has 6 N–H and O–H groups in total. The van der Waals surface area contributed by atoms with Gasteiger partial charge in [0.05, 0.1) is 12.7 Å². The van der Waals surface area contributed by atoms with Gasteiger partial charge in [0, 0.05) is 6.08 Å². The van der Waals surface area contributed by atoms with Crippen LogP contribution in [0.5, 0.6) is 5.75 Å². The number of hydrogen-bond acceptors (Lipinski definition) is 10. The molecule has 31 heavy (non-hydrogen) atoms. The molecular formula is C21H26O10. The highest BCUT2D eigenvalue weighted by Gasteiger charge is 2.48. The molecule has 1 saturated heterocycles. The third-order valence-electron chi connectivity index (χ3n) is 5.12. The fourth-order valence-electron chi connectivity index (χ4n) is 3.35. The molecule has 3 rings (SSSR count). The second kappa shape index (κ2) is 10.3. The van der Waals surface area contributed by atoms with Gasteiger partial charge < -0.3 is 44.8 Å². The molecule has 0 amide bonds. The molecule has 0 bridgehead atoms. The Balaban J connectivity index is 1.72. The average Bonchev–Trinajstić information content (AvgIpc) is 2.76. The smallest absolute Gasteiger partial charge is 0.331 e. The molecule has 1 aliphatic carbocycles. The molecule has 1 fully saturated rings. The molecule has 170 valence electrons. The van der Waals surface area contributed by atoms with Crippen molar-refractivity contribution in [3.63, 3.8) is 0 Å². The molecule has 1 aromatic rings. The Labute approximate surface area is 178 Å². The molecule has 0 saturated carbocycles. The Bertz CT molecular complexity index is 792. The number of rotatable bonds is 6. The number of phenolic OH excluding ortho intramolecular Hbond substituents is 1. The second-order valence-corrected chi connectivity index (χ2v) is 7.35. The van der Waals surface area contributed by atoms with Crippen LogP contribution in [-0.2, 0) is 19.0 Å². The van der Waals surface area contributed by atoms with Crippen molar-refractivity contribution in [2.75, 3.05) is 6.61 Å². The number of hydrogen-bond donors (Lipinski definition) is 6. The van der Waals surface area contributed by atoms with Crippen molar-refractivity contribution in [2.45, 2.75) is 55.4 Å². The van der Waals surface area contributed by atoms with Crippen LogP contribution in [0.15, 0.2) is 42.5 Å². The third-order valence-corrected chi connectivity index (χ3v) is 5.12. The highest BCUT2D eigenvalue weighted by Crippen LogP contribution is 2.28. The van der Waals surface area contributed by atoms with Gasteiger partial charge in [-0.3, -0.25) is 0 Å². The van der Waals surface area contributed by atoms with E-state index in [-0.39, 0.29) is 12.2 Å². The first-order valence-corrected chi connectivity index (χ1v) is 9.78. The highest BCUT2D eigenvalue weighted by molar-refractivity contribution is 5.87. The SMILES string of the molecule is O=C(C=Cc1ccc(O)cc1)O[C@H]1[C@H](O[C@@H]2CC=C[C@@H](O)[C@H]2O)O[C@H](CO)[C@@H](O)[C@@H]1O. The largest absolute Gasteiger partial charge is 0.508 e. The Morgan fingerprint density at radius 2 is 1.81 bits per heavy atom. The molecule has 10 heteroatoms. The Kier molecular flexibility index (Phi) is 7.79. The predicted molar refractivity (Wildman–Crippen MR) is 105 cm³/mol. The van der Waals surface area contributed by atoms with Gasteiger partial charge in [0.25, 0.3) is 0 Å². The molecule has 0 aromatic heterocycles. The van der Waals surface area contributed by atoms with Gasteiger partial charge in [0.1, 0.15) is 36.3 Å². The summed E-state index contributed by atoms with van der Waals surface area (Å²) in [6.07, 6.45) is -4.91. The van der Waals surface area contributed by atoms with Gasteiger partial charge in [0.15, 0.2) is 12.4 Å². The first-order chi connectivity index (χ1) is 14.8. The quantitative estimate of drug-likeness (QED) is 0.181. The summed E-state index contributed by atoms with van der Waals surface area (Å²) in [5.41, 5.74) is 0.606. The van der Waals surface area contributed by atoms with E-state index in [9.17, 15) is 35.4 Å². The zero-order valence-electron chi connectivity index (χ0n) is 16.5. The van der Waals surface area contributed by atoms with E-state index in [1.807, 2.05) is 0 Å². The maximum atomic E-state index is 12.3. The minimum absolute atomic E-state index is 0.0690. The van der Waals surface area contributed by atoms with Crippen molar-refractivity contribution < 1.29 is 49.6 Å². The lowest BCUT2D eigenvalue weighted by molar-refractivity contribution is -0.320. The van der Waals surface area contributed by atoms with Crippen molar-refractivity contribution in [3.8, 4) is 5.75 Å². The number of carbonyl (C=O) groups is 1. The van der Waals surface area contributed by atoms with Crippen LogP contribution in [0.25, 0.3) is 6.08 Å². The van der Waals surface area contributed by atoms with Gasteiger partial charge in [0.2, 0.25) is 0 Å². The Hall–Kier alpha value is -2.31. The van der Waals surface area contributed by atoms with Crippen LogP contribution in [0, 0.1) is 0 Å². The topological polar surface area (TPSA) is 166 Å². The van der Waals surface area contributed by atoms with E-state index in [0.29, 0.717) is 5.56 Å². The lowest BCUT2D eigenvalue weighted by Gasteiger charge is -2.43. The summed E-state index contributed by atoms with van der Waals surface area (Å²) in [6.45, 7) is -0.630. The summed E-state index contributed by atoms with van der Waals surface area (Å²) in [5, 5.41) is 59.2. The van der Waals surface area contributed by atoms with Crippen molar-refractivity contribution in [2.24, 2.45) is 0 Å². The first kappa shape index (κ1) is 23.4. The van der Waals surface area contributed by atoms with Crippen LogP contribution >= 0.6 is 0 Å². The maximum Gasteiger partial charge on any atom is 0.331 e. The minimum atomic E-state index is -1.64. The highest BCUT2D eigenvalue weighted by atomic mass is 16.7. The number of aromatic hydroxyl groups is 1. The first-order valence-electron chi connectivity index (χ1n) is 9.78. The number of ether oxygens (including phenoxy) is 3. The normalized spacial score (nSPS) is 35.9. The molecule has 1 aliphatic heterocycles. The van der Waals surface area contributed by atoms with Crippen molar-refractivity contribution in [1.29, 1.82) is 0 Å². The van der Waals surface area contributed by atoms with Crippen LogP contribution in [0.4, 0.5) is 0 Å². The lowest BCUT2D eigenvalue weighted by Crippen LogP contribution is -2.61. The van der Waals surface area contributed by atoms with Gasteiger partial charge in [-0.1, -0.05) is 24.3 Å². The van der Waals surface area contributed by atoms with E-state index >= 15 is 0 Å². The lowest BCUT2D eigenvalue weighted by atomic mass is 9.97. The van der Waals surface area contributed by atoms with Crippen molar-refractivity contribution >= 4 is 12.0 Å². The predicted octanol–water partition coefficient (Wildman–Crippen LogP) is -1.18. The molecule has 10 nitrogen and oxygen atoms in total. The molecule has 0 spiro atoms. The number of phenols is 1. The van der Waals surface area contributed by atoms with Gasteiger partial charge >= 0.3 is 5.97 Å². The molecule has 1 aromatic carbocycles. The second-order valence-electron chi connectivity index (χ2n) is 7.35. The maximum absolute atomic E-state index is 12.3. The summed E-state index contributed by atoms with van der Waals surface area (Å²) < 4.78 is 16.4. The van der Waals surface area contributed by atoms with Crippen LogP contribution in [0.1, 0.15) is 12.0 Å². The van der Waals surface area contributed by atoms with Crippen LogP contribution in [0.2, 0.25) is 0 Å². The van der Waals surface area contributed by atoms with Gasteiger partial charge in [-0.15, -0.1) is 0 Å². The summed E-state index contributed by atoms with van der Waals surface area (Å²) in [4.78, 5) is 12.3. The molecule has 2 aliphatic rings. The van der Waals surface area contributed by atoms with Gasteiger partial charge in [-0.05, 0) is 30.2 Å². The fraction of sp³-hybridized carbons (Fsp3) is 0.476. The van der Waals surface area contributed by atoms with Gasteiger partial charge in [-0.25, -0.2) is 4.79 Å². The third kappa shape index (κ3) is 5.69. The molecule has 8 atom stereocenters. The fourth-order valence-corrected chi connectivity index (χ4v) is 3.35. The van der Waals surface area contributed by atoms with Crippen LogP contribution in [0.3, 0.4) is 0 Å². The van der Waals surface area contributed by atoms with E-state index in [2.05, 4.69) is 0 Å². The Morgan fingerprint density at radius 1 is 1.10 bits per heavy atom. The van der Waals surface area contributed by atoms with E-state index in [4.69, 9.17) is 14.2 Å². The standard InChI is InChI=1S/C21H26O10/c22-10-15-18(27)19(28)20(21(30-15)29-14-3-1-2-13(24)17(14)26)31-16(25)9-6-11-4-7-12(23)8-5-11/h1-2,4-9,13-15,17-24,26-28H,3,10H2/t13-,14-,15-,17-,18-,19+,20-,21-/m1/s1. The summed E-state index contributed by atoms with van der Waals surface area (Å²) in [5.74, 6) is -0.799. The van der Waals surface area contributed by atoms with E-state index in [1.165, 1.54) is 24.3 Å². The van der Waals surface area contributed by atoms with Gasteiger partial charge in [-0.2, -0.15) is 0 Å². The van der Waals surface area contributed by atoms with Crippen LogP contribution in [-0.4, -0.2) is 92.2 Å². The van der Waals surface area contributed by atoms with E-state index in [0.717, 1.165) is 6.08 Å². The molecule has 0 unspecified atom stereocenters. The molecule has 1 heterocycles. The number of carbonyl (C=O) groups excluding carboxylic acids is 1. The summed E-state index contributed by atoms with van der Waals surface area (Å²) >= 11 is 0. The van der Waals surface area contributed by atoms with Crippen molar-refractivity contribution in [1.82, 2.24) is 0 Å². The number of aliphatic hydroxyl groups excluding tert-OH is 5. The summed E-state index contributed by atoms with van der Waals surface area (Å²) in [6, 6.07) is 6.03. The number of aliphatic hydroxyl groups is 5. The van der Waals surface area contributed by atoms with Crippen molar-refractivity contribution in [3.05, 3.63) is 48.1 Å². The molecule has 0 radical (unpaired) electrons. The van der Waals surface area contributed by atoms with Crippen LogP contribution < -0.4 is 0 Å². The zero-order chi connectivity index (χ0) is 22.5. The Morgan fingerprint density at radius 3 is 2.48 bits per heavy atom. The number of benzene rings is 1. The van der Waals surface area contributed by atoms with E-state index in [1.54, 1.807) is 18.2 Å². The zero-order valence-corrected chi connectivity index (χ0v) is 16.5. The monoisotopic (exact) mass is 438 g/mol. The molecular weight excluding hydrogens is 412 g/mol. The minimum Gasteiger partial charge on any atom is -0.508 e.